The molecule has 2 aromatic rings. The van der Waals surface area contributed by atoms with Crippen molar-refractivity contribution in [3.05, 3.63) is 44.8 Å². The zero-order chi connectivity index (χ0) is 13.7. The van der Waals surface area contributed by atoms with E-state index < -0.39 is 0 Å². The predicted molar refractivity (Wildman–Crippen MR) is 81.7 cm³/mol. The zero-order valence-electron chi connectivity index (χ0n) is 10.4. The first kappa shape index (κ1) is 14.0. The first-order valence-electron chi connectivity index (χ1n) is 5.83. The molecule has 0 saturated heterocycles. The second-order valence-corrected chi connectivity index (χ2v) is 5.65. The van der Waals surface area contributed by atoms with Crippen LogP contribution in [0.4, 0.5) is 10.5 Å². The zero-order valence-corrected chi connectivity index (χ0v) is 12.8. The Labute approximate surface area is 124 Å². The van der Waals surface area contributed by atoms with E-state index in [1.54, 1.807) is 16.8 Å². The monoisotopic (exact) mass is 339 g/mol. The molecule has 1 aromatic heterocycles. The van der Waals surface area contributed by atoms with Crippen LogP contribution >= 0.6 is 27.3 Å². The molecule has 0 radical (unpaired) electrons. The molecule has 6 heteroatoms. The van der Waals surface area contributed by atoms with Crippen LogP contribution in [0.25, 0.3) is 0 Å². The average Bonchev–Trinajstić information content (AvgIpc) is 2.87. The minimum absolute atomic E-state index is 0.203. The van der Waals surface area contributed by atoms with Crippen molar-refractivity contribution in [2.45, 2.75) is 13.3 Å². The minimum Gasteiger partial charge on any atom is -0.337 e. The maximum atomic E-state index is 11.7. The molecule has 0 aliphatic rings. The summed E-state index contributed by atoms with van der Waals surface area (Å²) >= 11 is 5.00. The van der Waals surface area contributed by atoms with Crippen molar-refractivity contribution in [3.8, 4) is 0 Å². The van der Waals surface area contributed by atoms with E-state index in [0.29, 0.717) is 6.54 Å². The van der Waals surface area contributed by atoms with E-state index in [-0.39, 0.29) is 6.03 Å². The SMILES string of the molecule is Cc1ccc(NC(=O)NCCc2cscn2)cc1Br. The molecule has 0 bridgehead atoms. The van der Waals surface area contributed by atoms with Gasteiger partial charge in [-0.1, -0.05) is 22.0 Å². The summed E-state index contributed by atoms with van der Waals surface area (Å²) in [5.74, 6) is 0. The van der Waals surface area contributed by atoms with Gasteiger partial charge in [0.15, 0.2) is 0 Å². The van der Waals surface area contributed by atoms with Crippen molar-refractivity contribution in [1.29, 1.82) is 0 Å². The fourth-order valence-corrected chi connectivity index (χ4v) is 2.48. The smallest absolute Gasteiger partial charge is 0.319 e. The Bertz CT molecular complexity index is 557. The van der Waals surface area contributed by atoms with Crippen LogP contribution in [0.15, 0.2) is 33.6 Å². The van der Waals surface area contributed by atoms with Gasteiger partial charge in [0, 0.05) is 28.5 Å². The fourth-order valence-electron chi connectivity index (χ4n) is 1.51. The van der Waals surface area contributed by atoms with Gasteiger partial charge in [0.2, 0.25) is 0 Å². The van der Waals surface area contributed by atoms with Crippen LogP contribution in [-0.4, -0.2) is 17.6 Å². The van der Waals surface area contributed by atoms with Gasteiger partial charge in [-0.3, -0.25) is 0 Å². The number of rotatable bonds is 4. The van der Waals surface area contributed by atoms with Crippen LogP contribution in [0.2, 0.25) is 0 Å². The number of halogens is 1. The molecule has 0 saturated carbocycles. The summed E-state index contributed by atoms with van der Waals surface area (Å²) in [6.07, 6.45) is 0.745. The number of carbonyl (C=O) groups is 1. The molecule has 2 rings (SSSR count). The molecule has 100 valence electrons. The summed E-state index contributed by atoms with van der Waals surface area (Å²) in [4.78, 5) is 15.8. The van der Waals surface area contributed by atoms with Gasteiger partial charge in [-0.2, -0.15) is 0 Å². The number of benzene rings is 1. The Morgan fingerprint density at radius 2 is 2.32 bits per heavy atom. The van der Waals surface area contributed by atoms with Gasteiger partial charge in [0.05, 0.1) is 11.2 Å². The predicted octanol–water partition coefficient (Wildman–Crippen LogP) is 3.58. The number of aryl methyl sites for hydroxylation is 1. The third-order valence-corrected chi connectivity index (χ3v) is 4.07. The van der Waals surface area contributed by atoms with E-state index >= 15 is 0 Å². The van der Waals surface area contributed by atoms with E-state index in [4.69, 9.17) is 0 Å². The molecule has 2 N–H and O–H groups in total. The Morgan fingerprint density at radius 1 is 1.47 bits per heavy atom. The number of anilines is 1. The molecule has 0 spiro atoms. The van der Waals surface area contributed by atoms with Crippen LogP contribution in [0.3, 0.4) is 0 Å². The van der Waals surface area contributed by atoms with Crippen molar-refractivity contribution >= 4 is 39.0 Å². The lowest BCUT2D eigenvalue weighted by Crippen LogP contribution is -2.30. The van der Waals surface area contributed by atoms with Crippen molar-refractivity contribution < 1.29 is 4.79 Å². The maximum Gasteiger partial charge on any atom is 0.319 e. The maximum absolute atomic E-state index is 11.7. The number of urea groups is 1. The third-order valence-electron chi connectivity index (χ3n) is 2.58. The molecule has 1 aromatic carbocycles. The largest absolute Gasteiger partial charge is 0.337 e. The molecule has 19 heavy (non-hydrogen) atoms. The van der Waals surface area contributed by atoms with Gasteiger partial charge in [-0.15, -0.1) is 11.3 Å². The highest BCUT2D eigenvalue weighted by molar-refractivity contribution is 9.10. The number of aromatic nitrogens is 1. The quantitative estimate of drug-likeness (QED) is 0.894. The number of nitrogens with zero attached hydrogens (tertiary/aromatic N) is 1. The summed E-state index contributed by atoms with van der Waals surface area (Å²) in [7, 11) is 0. The highest BCUT2D eigenvalue weighted by Gasteiger charge is 2.03. The number of thiazole rings is 1. The first-order valence-corrected chi connectivity index (χ1v) is 7.57. The Kier molecular flexibility index (Phi) is 4.93. The molecule has 2 amide bonds. The average molecular weight is 340 g/mol. The normalized spacial score (nSPS) is 10.2. The second-order valence-electron chi connectivity index (χ2n) is 4.07. The molecular weight excluding hydrogens is 326 g/mol. The van der Waals surface area contributed by atoms with Crippen molar-refractivity contribution in [2.75, 3.05) is 11.9 Å². The molecule has 1 heterocycles. The van der Waals surface area contributed by atoms with Crippen molar-refractivity contribution in [2.24, 2.45) is 0 Å². The van der Waals surface area contributed by atoms with Gasteiger partial charge in [-0.25, -0.2) is 9.78 Å². The molecule has 0 fully saturated rings. The van der Waals surface area contributed by atoms with E-state index in [1.807, 2.05) is 30.5 Å². The molecule has 0 atom stereocenters. The lowest BCUT2D eigenvalue weighted by Gasteiger charge is -2.08. The second kappa shape index (κ2) is 6.68. The summed E-state index contributed by atoms with van der Waals surface area (Å²) in [5.41, 5.74) is 4.70. The molecule has 0 aliphatic heterocycles. The van der Waals surface area contributed by atoms with Crippen LogP contribution < -0.4 is 10.6 Å². The summed E-state index contributed by atoms with van der Waals surface area (Å²) in [5, 5.41) is 7.58. The van der Waals surface area contributed by atoms with Crippen LogP contribution in [-0.2, 0) is 6.42 Å². The van der Waals surface area contributed by atoms with Crippen LogP contribution in [0.1, 0.15) is 11.3 Å². The Morgan fingerprint density at radius 3 is 3.00 bits per heavy atom. The minimum atomic E-state index is -0.203. The van der Waals surface area contributed by atoms with E-state index in [0.717, 1.165) is 27.8 Å². The van der Waals surface area contributed by atoms with E-state index in [9.17, 15) is 4.79 Å². The standard InChI is InChI=1S/C13H14BrN3OS/c1-9-2-3-10(6-12(9)14)17-13(18)15-5-4-11-7-19-8-16-11/h2-3,6-8H,4-5H2,1H3,(H2,15,17,18). The lowest BCUT2D eigenvalue weighted by atomic mass is 10.2. The van der Waals surface area contributed by atoms with E-state index in [2.05, 4.69) is 31.5 Å². The highest BCUT2D eigenvalue weighted by Crippen LogP contribution is 2.20. The summed E-state index contributed by atoms with van der Waals surface area (Å²) in [6.45, 7) is 2.57. The topological polar surface area (TPSA) is 54.0 Å². The molecule has 0 aliphatic carbocycles. The van der Waals surface area contributed by atoms with Gasteiger partial charge in [0.25, 0.3) is 0 Å². The van der Waals surface area contributed by atoms with Gasteiger partial charge < -0.3 is 10.6 Å². The number of hydrogen-bond donors (Lipinski definition) is 2. The summed E-state index contributed by atoms with van der Waals surface area (Å²) < 4.78 is 0.979. The molecule has 0 unspecified atom stereocenters. The van der Waals surface area contributed by atoms with Gasteiger partial charge in [0.1, 0.15) is 0 Å². The highest BCUT2D eigenvalue weighted by atomic mass is 79.9. The van der Waals surface area contributed by atoms with Crippen molar-refractivity contribution in [3.63, 3.8) is 0 Å². The van der Waals surface area contributed by atoms with Gasteiger partial charge in [-0.05, 0) is 24.6 Å². The number of amides is 2. The van der Waals surface area contributed by atoms with E-state index in [1.165, 1.54) is 0 Å². The Hall–Kier alpha value is -1.40. The Balaban J connectivity index is 1.79. The lowest BCUT2D eigenvalue weighted by molar-refractivity contribution is 0.252. The van der Waals surface area contributed by atoms with Crippen molar-refractivity contribution in [1.82, 2.24) is 10.3 Å². The molecular formula is C13H14BrN3OS. The summed E-state index contributed by atoms with van der Waals surface area (Å²) in [6, 6.07) is 5.51. The molecule has 4 nitrogen and oxygen atoms in total. The van der Waals surface area contributed by atoms with Gasteiger partial charge >= 0.3 is 6.03 Å². The van der Waals surface area contributed by atoms with Crippen LogP contribution in [0, 0.1) is 6.92 Å². The third kappa shape index (κ3) is 4.33. The van der Waals surface area contributed by atoms with Crippen LogP contribution in [0.5, 0.6) is 0 Å². The number of carbonyl (C=O) groups excluding carboxylic acids is 1. The first-order chi connectivity index (χ1) is 9.15. The number of hydrogen-bond acceptors (Lipinski definition) is 3. The fraction of sp³-hybridized carbons (Fsp3) is 0.231. The number of nitrogens with one attached hydrogen (secondary N) is 2.